The molecule has 0 saturated carbocycles. The average molecular weight is 1130 g/mol. The maximum atomic E-state index is 13.6. The lowest BCUT2D eigenvalue weighted by molar-refractivity contribution is -0.143. The highest BCUT2D eigenvalue weighted by Crippen LogP contribution is 2.38. The zero-order valence-corrected chi connectivity index (χ0v) is 46.2. The van der Waals surface area contributed by atoms with Crippen molar-refractivity contribution in [3.63, 3.8) is 0 Å². The molecule has 5 heterocycles. The summed E-state index contributed by atoms with van der Waals surface area (Å²) < 4.78 is 0. The first-order chi connectivity index (χ1) is 40.8. The Kier molecular flexibility index (Phi) is 19.8. The van der Waals surface area contributed by atoms with E-state index in [0.717, 1.165) is 107 Å². The summed E-state index contributed by atoms with van der Waals surface area (Å²) in [7, 11) is 0. The number of nitrogens with zero attached hydrogens (tertiary/aromatic N) is 5. The van der Waals surface area contributed by atoms with Crippen molar-refractivity contribution < 1.29 is 49.2 Å². The summed E-state index contributed by atoms with van der Waals surface area (Å²) in [4.78, 5) is 94.3. The van der Waals surface area contributed by atoms with Crippen molar-refractivity contribution >= 4 is 82.1 Å². The van der Waals surface area contributed by atoms with Crippen LogP contribution in [0.2, 0.25) is 0 Å². The van der Waals surface area contributed by atoms with E-state index in [4.69, 9.17) is 20.2 Å². The first-order valence-electron chi connectivity index (χ1n) is 27.8. The lowest BCUT2D eigenvalue weighted by Gasteiger charge is -2.27. The molecule has 0 atom stereocenters. The molecule has 2 amide bonds. The number of hydrogen-bond donors (Lipinski definition) is 8. The normalized spacial score (nSPS) is 11.8. The molecule has 0 fully saturated rings. The highest BCUT2D eigenvalue weighted by molar-refractivity contribution is 6.00. The van der Waals surface area contributed by atoms with Gasteiger partial charge in [-0.3, -0.25) is 43.5 Å². The fourth-order valence-corrected chi connectivity index (χ4v) is 10.4. The highest BCUT2D eigenvalue weighted by atomic mass is 16.4. The van der Waals surface area contributed by atoms with Crippen LogP contribution in [0.1, 0.15) is 58.8 Å². The fraction of sp³-hybridized carbons (Fsp3) is 0.231. The Hall–Kier alpha value is -9.82. The van der Waals surface area contributed by atoms with Crippen molar-refractivity contribution in [2.24, 2.45) is 0 Å². The first kappa shape index (κ1) is 58.8. The van der Waals surface area contributed by atoms with E-state index in [9.17, 15) is 39.0 Å². The number of carbonyl (C=O) groups excluding carboxylic acids is 2. The third kappa shape index (κ3) is 15.6. The molecule has 8 N–H and O–H groups in total. The second-order valence-electron chi connectivity index (χ2n) is 20.5. The van der Waals surface area contributed by atoms with Crippen molar-refractivity contribution in [2.75, 3.05) is 72.0 Å². The van der Waals surface area contributed by atoms with Crippen LogP contribution >= 0.6 is 0 Å². The SMILES string of the molecule is O=C(O)CN(CCN(CC(=O)O)CC(=O)O)CCN(CC(=O)O)CC(=O)NCCCCCCNC(=O)c1ccc(-c2c3nc(c(-c4ccccc4)c4ccc([nH]4)c(-c4ccccc4)c4nc(c(-c5ccccc5)c5ccc2[nH]5)C=C4)C=C3)cc1. The van der Waals surface area contributed by atoms with Crippen LogP contribution in [-0.2, 0) is 24.0 Å². The van der Waals surface area contributed by atoms with Gasteiger partial charge in [0.25, 0.3) is 5.91 Å². The molecule has 430 valence electrons. The van der Waals surface area contributed by atoms with Gasteiger partial charge < -0.3 is 41.0 Å². The van der Waals surface area contributed by atoms with Crippen LogP contribution in [0.15, 0.2) is 140 Å². The Morgan fingerprint density at radius 2 is 0.690 bits per heavy atom. The monoisotopic (exact) mass is 1130 g/mol. The maximum Gasteiger partial charge on any atom is 0.317 e. The molecule has 2 aliphatic heterocycles. The van der Waals surface area contributed by atoms with E-state index < -0.39 is 56.0 Å². The van der Waals surface area contributed by atoms with Gasteiger partial charge >= 0.3 is 23.9 Å². The van der Waals surface area contributed by atoms with Gasteiger partial charge in [-0.1, -0.05) is 116 Å². The van der Waals surface area contributed by atoms with Crippen LogP contribution < -0.4 is 10.6 Å². The van der Waals surface area contributed by atoms with E-state index >= 15 is 0 Å². The molecule has 7 aromatic rings. The summed E-state index contributed by atoms with van der Waals surface area (Å²) in [5.41, 5.74) is 14.7. The standard InChI is InChI=1S/C65H65N9O10/c75-56(38-73(40-58(78)79)36-34-72(39-57(76)77)35-37-74(41-59(80)81)42-60(82)83)66-32-12-1-2-13-33-67-65(84)47-22-20-46(21-23-47)64-54-30-28-52(70-54)62(44-16-8-4-9-17-44)50-26-24-48(68-50)61(43-14-6-3-7-15-43)49-25-27-51(69-49)63(45-18-10-5-11-19-45)53-29-31-55(64)71-53/h3-11,14-31,68,71H,1-2,12-13,32-42H2,(H,66,75)(H,67,84)(H,76,77)(H,78,79)(H,80,81)(H,82,83). The second kappa shape index (κ2) is 28.2. The van der Waals surface area contributed by atoms with Crippen molar-refractivity contribution in [3.05, 3.63) is 168 Å². The Morgan fingerprint density at radius 1 is 0.369 bits per heavy atom. The minimum absolute atomic E-state index is 0.00282. The van der Waals surface area contributed by atoms with Gasteiger partial charge in [0.1, 0.15) is 0 Å². The number of carboxylic acids is 4. The lowest BCUT2D eigenvalue weighted by atomic mass is 10.0. The van der Waals surface area contributed by atoms with E-state index in [1.807, 2.05) is 84.9 Å². The number of benzene rings is 4. The molecule has 4 aromatic carbocycles. The van der Waals surface area contributed by atoms with Crippen LogP contribution in [-0.4, -0.2) is 163 Å². The third-order valence-electron chi connectivity index (χ3n) is 14.4. The number of hydrogen-bond acceptors (Lipinski definition) is 11. The fourth-order valence-electron chi connectivity index (χ4n) is 10.4. The Labute approximate surface area is 484 Å². The molecule has 3 aromatic heterocycles. The lowest BCUT2D eigenvalue weighted by Crippen LogP contribution is -2.46. The van der Waals surface area contributed by atoms with Gasteiger partial charge in [0, 0.05) is 89.2 Å². The number of rotatable bonds is 28. The van der Waals surface area contributed by atoms with Crippen molar-refractivity contribution in [1.29, 1.82) is 0 Å². The first-order valence-corrected chi connectivity index (χ1v) is 27.8. The molecule has 9 rings (SSSR count). The number of aliphatic carboxylic acids is 4. The number of aromatic amines is 2. The molecule has 19 heteroatoms. The molecule has 0 aliphatic carbocycles. The quantitative estimate of drug-likeness (QED) is 0.0213. The molecule has 0 saturated heterocycles. The maximum absolute atomic E-state index is 13.6. The molecular weight excluding hydrogens is 1070 g/mol. The van der Waals surface area contributed by atoms with Gasteiger partial charge in [-0.05, 0) is 95.8 Å². The zero-order chi connectivity index (χ0) is 59.0. The van der Waals surface area contributed by atoms with Crippen molar-refractivity contribution in [2.45, 2.75) is 25.7 Å². The summed E-state index contributed by atoms with van der Waals surface area (Å²) in [6.45, 7) is -1.58. The molecule has 84 heavy (non-hydrogen) atoms. The number of unbranched alkanes of at least 4 members (excludes halogenated alkanes) is 3. The summed E-state index contributed by atoms with van der Waals surface area (Å²) in [5.74, 6) is -5.48. The van der Waals surface area contributed by atoms with Crippen molar-refractivity contribution in [1.82, 2.24) is 45.3 Å². The van der Waals surface area contributed by atoms with Gasteiger partial charge in [-0.2, -0.15) is 0 Å². The third-order valence-corrected chi connectivity index (χ3v) is 14.4. The van der Waals surface area contributed by atoms with E-state index in [0.29, 0.717) is 31.5 Å². The van der Waals surface area contributed by atoms with E-state index in [1.165, 1.54) is 9.80 Å². The highest BCUT2D eigenvalue weighted by Gasteiger charge is 2.22. The average Bonchev–Trinajstić information content (AvgIpc) is 2.80. The summed E-state index contributed by atoms with van der Waals surface area (Å²) in [6, 6.07) is 46.6. The number of amides is 2. The summed E-state index contributed by atoms with van der Waals surface area (Å²) >= 11 is 0. The number of H-pyrrole nitrogens is 2. The van der Waals surface area contributed by atoms with Gasteiger partial charge in [0.2, 0.25) is 5.91 Å². The molecule has 0 spiro atoms. The molecule has 2 aliphatic rings. The van der Waals surface area contributed by atoms with Gasteiger partial charge in [0.15, 0.2) is 0 Å². The van der Waals surface area contributed by atoms with Gasteiger partial charge in [-0.25, -0.2) is 9.97 Å². The van der Waals surface area contributed by atoms with E-state index in [2.05, 4.69) is 99.5 Å². The Bertz CT molecular complexity index is 3700. The van der Waals surface area contributed by atoms with Crippen LogP contribution in [0.4, 0.5) is 0 Å². The van der Waals surface area contributed by atoms with Crippen LogP contribution in [0.3, 0.4) is 0 Å². The number of carbonyl (C=O) groups is 6. The van der Waals surface area contributed by atoms with E-state index in [-0.39, 0.29) is 38.6 Å². The molecule has 0 radical (unpaired) electrons. The Balaban J connectivity index is 0.871. The predicted molar refractivity (Wildman–Crippen MR) is 324 cm³/mol. The van der Waals surface area contributed by atoms with Gasteiger partial charge in [0.05, 0.1) is 55.5 Å². The predicted octanol–water partition coefficient (Wildman–Crippen LogP) is 8.97. The minimum Gasteiger partial charge on any atom is -0.480 e. The smallest absolute Gasteiger partial charge is 0.317 e. The van der Waals surface area contributed by atoms with Crippen molar-refractivity contribution in [3.8, 4) is 44.5 Å². The number of aromatic nitrogens is 4. The summed E-state index contributed by atoms with van der Waals surface area (Å²) in [6.07, 6.45) is 11.1. The Morgan fingerprint density at radius 3 is 1.06 bits per heavy atom. The van der Waals surface area contributed by atoms with Gasteiger partial charge in [-0.15, -0.1) is 0 Å². The molecule has 19 nitrogen and oxygen atoms in total. The zero-order valence-electron chi connectivity index (χ0n) is 46.2. The second-order valence-corrected chi connectivity index (χ2v) is 20.5. The molecular formula is C65H65N9O10. The number of fused-ring (bicyclic) bond motifs is 8. The van der Waals surface area contributed by atoms with Crippen LogP contribution in [0.25, 0.3) is 90.9 Å². The largest absolute Gasteiger partial charge is 0.480 e. The number of carboxylic acid groups (broad SMARTS) is 4. The summed E-state index contributed by atoms with van der Waals surface area (Å²) in [5, 5.41) is 43.1. The molecule has 0 unspecified atom stereocenters. The minimum atomic E-state index is -1.24. The van der Waals surface area contributed by atoms with Crippen LogP contribution in [0.5, 0.6) is 0 Å². The topological polar surface area (TPSA) is 274 Å². The van der Waals surface area contributed by atoms with E-state index in [1.54, 1.807) is 0 Å². The number of nitrogens with one attached hydrogen (secondary N) is 4. The molecule has 8 bridgehead atoms. The van der Waals surface area contributed by atoms with Crippen LogP contribution in [0, 0.1) is 0 Å².